The number of methoxy groups -OCH3 is 1. The van der Waals surface area contributed by atoms with Crippen LogP contribution in [0.2, 0.25) is 0 Å². The van der Waals surface area contributed by atoms with Crippen LogP contribution in [0.4, 0.5) is 0 Å². The smallest absolute Gasteiger partial charge is 0.221 e. The summed E-state index contributed by atoms with van der Waals surface area (Å²) in [4.78, 5) is 16.3. The first-order valence-electron chi connectivity index (χ1n) is 9.99. The van der Waals surface area contributed by atoms with Gasteiger partial charge in [-0.25, -0.2) is 0 Å². The van der Waals surface area contributed by atoms with Crippen molar-refractivity contribution in [2.24, 2.45) is 4.99 Å². The van der Waals surface area contributed by atoms with Gasteiger partial charge in [-0.05, 0) is 43.4 Å². The molecule has 6 nitrogen and oxygen atoms in total. The van der Waals surface area contributed by atoms with Gasteiger partial charge in [0.15, 0.2) is 5.96 Å². The topological polar surface area (TPSA) is 74.8 Å². The molecule has 0 aliphatic heterocycles. The fourth-order valence-electron chi connectivity index (χ4n) is 3.41. The second-order valence-electron chi connectivity index (χ2n) is 7.13. The predicted molar refractivity (Wildman–Crippen MR) is 126 cm³/mol. The average molecular weight is 502 g/mol. The Morgan fingerprint density at radius 2 is 1.89 bits per heavy atom. The van der Waals surface area contributed by atoms with E-state index in [0.29, 0.717) is 19.0 Å². The van der Waals surface area contributed by atoms with Gasteiger partial charge in [-0.15, -0.1) is 24.0 Å². The van der Waals surface area contributed by atoms with E-state index in [9.17, 15) is 4.79 Å². The maximum Gasteiger partial charge on any atom is 0.221 e. The molecule has 0 atom stereocenters. The summed E-state index contributed by atoms with van der Waals surface area (Å²) >= 11 is 0. The second-order valence-corrected chi connectivity index (χ2v) is 7.13. The monoisotopic (exact) mass is 502 g/mol. The van der Waals surface area contributed by atoms with E-state index >= 15 is 0 Å². The fourth-order valence-corrected chi connectivity index (χ4v) is 3.41. The zero-order valence-corrected chi connectivity index (χ0v) is 19.7. The molecule has 0 bridgehead atoms. The van der Waals surface area contributed by atoms with Crippen LogP contribution < -0.4 is 20.7 Å². The highest BCUT2D eigenvalue weighted by atomic mass is 127. The van der Waals surface area contributed by atoms with Crippen LogP contribution in [-0.4, -0.2) is 45.2 Å². The average Bonchev–Trinajstić information content (AvgIpc) is 2.68. The summed E-state index contributed by atoms with van der Waals surface area (Å²) in [6.45, 7) is 3.38. The molecule has 1 aliphatic carbocycles. The van der Waals surface area contributed by atoms with E-state index < -0.39 is 0 Å². The summed E-state index contributed by atoms with van der Waals surface area (Å²) in [5.41, 5.74) is 2.35. The Labute approximate surface area is 186 Å². The quantitative estimate of drug-likeness (QED) is 0.290. The number of guanidine groups is 1. The minimum Gasteiger partial charge on any atom is -0.496 e. The van der Waals surface area contributed by atoms with Gasteiger partial charge in [0.05, 0.1) is 7.11 Å². The predicted octanol–water partition coefficient (Wildman–Crippen LogP) is 3.17. The molecular weight excluding hydrogens is 467 g/mol. The molecule has 0 aromatic heterocycles. The number of ether oxygens (including phenoxy) is 1. The minimum atomic E-state index is 0. The van der Waals surface area contributed by atoms with E-state index in [2.05, 4.69) is 39.1 Å². The van der Waals surface area contributed by atoms with E-state index in [1.165, 1.54) is 24.8 Å². The van der Waals surface area contributed by atoms with Crippen LogP contribution in [0.3, 0.4) is 0 Å². The maximum atomic E-state index is 12.0. The van der Waals surface area contributed by atoms with Gasteiger partial charge in [0.25, 0.3) is 0 Å². The number of benzene rings is 1. The number of hydrogen-bond donors (Lipinski definition) is 3. The zero-order valence-electron chi connectivity index (χ0n) is 17.3. The van der Waals surface area contributed by atoms with Crippen molar-refractivity contribution in [2.45, 2.75) is 57.9 Å². The number of nitrogens with zero attached hydrogens (tertiary/aromatic N) is 1. The number of nitrogens with one attached hydrogen (secondary N) is 3. The molecule has 1 saturated carbocycles. The van der Waals surface area contributed by atoms with Gasteiger partial charge in [-0.3, -0.25) is 9.79 Å². The third-order valence-electron chi connectivity index (χ3n) is 5.02. The lowest BCUT2D eigenvalue weighted by atomic mass is 9.95. The molecule has 0 spiro atoms. The van der Waals surface area contributed by atoms with Gasteiger partial charge in [-0.2, -0.15) is 0 Å². The second kappa shape index (κ2) is 13.6. The van der Waals surface area contributed by atoms with E-state index in [1.807, 2.05) is 6.92 Å². The number of carbonyl (C=O) groups is 1. The van der Waals surface area contributed by atoms with Gasteiger partial charge >= 0.3 is 0 Å². The molecule has 0 radical (unpaired) electrons. The van der Waals surface area contributed by atoms with Crippen molar-refractivity contribution >= 4 is 35.8 Å². The number of halogens is 1. The Balaban J connectivity index is 0.00000392. The van der Waals surface area contributed by atoms with E-state index in [0.717, 1.165) is 43.1 Å². The van der Waals surface area contributed by atoms with Crippen LogP contribution in [0, 0.1) is 6.92 Å². The number of amides is 1. The molecule has 0 unspecified atom stereocenters. The first-order chi connectivity index (χ1) is 13.1. The normalized spacial score (nSPS) is 14.8. The van der Waals surface area contributed by atoms with Gasteiger partial charge < -0.3 is 20.7 Å². The van der Waals surface area contributed by atoms with Crippen molar-refractivity contribution < 1.29 is 9.53 Å². The SMILES string of the molecule is CN=C(NCCC(=O)NC1CCCCC1)NCCc1ccc(C)c(OC)c1.I. The third-order valence-corrected chi connectivity index (χ3v) is 5.02. The molecule has 0 saturated heterocycles. The van der Waals surface area contributed by atoms with Gasteiger partial charge in [0.2, 0.25) is 5.91 Å². The van der Waals surface area contributed by atoms with Crippen LogP contribution in [0.5, 0.6) is 5.75 Å². The Bertz CT molecular complexity index is 631. The zero-order chi connectivity index (χ0) is 19.5. The third kappa shape index (κ3) is 8.67. The molecule has 1 aliphatic rings. The van der Waals surface area contributed by atoms with Crippen molar-refractivity contribution in [3.8, 4) is 5.75 Å². The van der Waals surface area contributed by atoms with Gasteiger partial charge in [0.1, 0.15) is 5.75 Å². The fraction of sp³-hybridized carbons (Fsp3) is 0.619. The highest BCUT2D eigenvalue weighted by molar-refractivity contribution is 14.0. The van der Waals surface area contributed by atoms with E-state index in [-0.39, 0.29) is 29.9 Å². The van der Waals surface area contributed by atoms with Crippen LogP contribution in [-0.2, 0) is 11.2 Å². The maximum absolute atomic E-state index is 12.0. The Kier molecular flexibility index (Phi) is 11.9. The van der Waals surface area contributed by atoms with Crippen molar-refractivity contribution in [3.63, 3.8) is 0 Å². The molecular formula is C21H35IN4O2. The first-order valence-corrected chi connectivity index (χ1v) is 9.99. The van der Waals surface area contributed by atoms with Crippen LogP contribution >= 0.6 is 24.0 Å². The van der Waals surface area contributed by atoms with Gasteiger partial charge in [-0.1, -0.05) is 31.4 Å². The highest BCUT2D eigenvalue weighted by Crippen LogP contribution is 2.19. The molecule has 1 aromatic carbocycles. The number of hydrogen-bond acceptors (Lipinski definition) is 3. The summed E-state index contributed by atoms with van der Waals surface area (Å²) in [5, 5.41) is 9.64. The van der Waals surface area contributed by atoms with Crippen LogP contribution in [0.1, 0.15) is 49.7 Å². The molecule has 158 valence electrons. The molecule has 1 fully saturated rings. The number of rotatable bonds is 8. The van der Waals surface area contributed by atoms with Gasteiger partial charge in [0, 0.05) is 32.6 Å². The lowest BCUT2D eigenvalue weighted by molar-refractivity contribution is -0.121. The number of aliphatic imine (C=N–C) groups is 1. The summed E-state index contributed by atoms with van der Waals surface area (Å²) < 4.78 is 5.37. The van der Waals surface area contributed by atoms with Crippen molar-refractivity contribution in [1.29, 1.82) is 0 Å². The summed E-state index contributed by atoms with van der Waals surface area (Å²) in [6.07, 6.45) is 7.33. The molecule has 1 amide bonds. The Hall–Kier alpha value is -1.51. The van der Waals surface area contributed by atoms with Crippen molar-refractivity contribution in [1.82, 2.24) is 16.0 Å². The number of aryl methyl sites for hydroxylation is 1. The standard InChI is InChI=1S/C21H34N4O2.HI/c1-16-9-10-17(15-19(16)27-3)11-13-23-21(22-2)24-14-12-20(26)25-18-7-5-4-6-8-18;/h9-10,15,18H,4-8,11-14H2,1-3H3,(H,25,26)(H2,22,23,24);1H. The van der Waals surface area contributed by atoms with Crippen LogP contribution in [0.25, 0.3) is 0 Å². The Morgan fingerprint density at radius 1 is 1.18 bits per heavy atom. The summed E-state index contributed by atoms with van der Waals surface area (Å²) in [6, 6.07) is 6.63. The molecule has 28 heavy (non-hydrogen) atoms. The number of carbonyl (C=O) groups excluding carboxylic acids is 1. The van der Waals surface area contributed by atoms with E-state index in [4.69, 9.17) is 4.74 Å². The Morgan fingerprint density at radius 3 is 2.57 bits per heavy atom. The largest absolute Gasteiger partial charge is 0.496 e. The highest BCUT2D eigenvalue weighted by Gasteiger charge is 2.15. The molecule has 7 heteroatoms. The summed E-state index contributed by atoms with van der Waals surface area (Å²) in [5.74, 6) is 1.76. The molecule has 1 aromatic rings. The lowest BCUT2D eigenvalue weighted by Gasteiger charge is -2.22. The van der Waals surface area contributed by atoms with Crippen molar-refractivity contribution in [3.05, 3.63) is 29.3 Å². The lowest BCUT2D eigenvalue weighted by Crippen LogP contribution is -2.41. The molecule has 2 rings (SSSR count). The molecule has 3 N–H and O–H groups in total. The first kappa shape index (κ1) is 24.5. The van der Waals surface area contributed by atoms with Crippen molar-refractivity contribution in [2.75, 3.05) is 27.2 Å². The summed E-state index contributed by atoms with van der Waals surface area (Å²) in [7, 11) is 3.44. The molecule has 0 heterocycles. The van der Waals surface area contributed by atoms with Crippen LogP contribution in [0.15, 0.2) is 23.2 Å². The van der Waals surface area contributed by atoms with E-state index in [1.54, 1.807) is 14.2 Å². The minimum absolute atomic E-state index is 0.